The van der Waals surface area contributed by atoms with Crippen molar-refractivity contribution in [3.8, 4) is 0 Å². The van der Waals surface area contributed by atoms with Crippen molar-refractivity contribution < 1.29 is 14.3 Å². The van der Waals surface area contributed by atoms with Crippen molar-refractivity contribution in [2.75, 3.05) is 19.7 Å². The van der Waals surface area contributed by atoms with Crippen molar-refractivity contribution in [2.45, 2.75) is 76.3 Å². The molecule has 1 N–H and O–H groups in total. The molecule has 5 nitrogen and oxygen atoms in total. The fourth-order valence-corrected chi connectivity index (χ4v) is 4.27. The lowest BCUT2D eigenvalue weighted by Crippen LogP contribution is -2.52. The smallest absolute Gasteiger partial charge is 0.332 e. The average Bonchev–Trinajstić information content (AvgIpc) is 3.07. The SMILES string of the molecule is CCOC(=O)C12CC1/C=C\CCCCCCCN1CCCC1C(=O)N2. The molecule has 1 aliphatic carbocycles. The Morgan fingerprint density at radius 3 is 2.84 bits per heavy atom. The van der Waals surface area contributed by atoms with Crippen molar-refractivity contribution in [1.29, 1.82) is 0 Å². The Morgan fingerprint density at radius 1 is 1.24 bits per heavy atom. The number of hydrogen-bond acceptors (Lipinski definition) is 4. The van der Waals surface area contributed by atoms with Crippen LogP contribution in [0.4, 0.5) is 0 Å². The molecule has 0 aromatic carbocycles. The van der Waals surface area contributed by atoms with Gasteiger partial charge in [0.1, 0.15) is 5.54 Å². The highest BCUT2D eigenvalue weighted by atomic mass is 16.5. The van der Waals surface area contributed by atoms with Crippen molar-refractivity contribution >= 4 is 11.9 Å². The van der Waals surface area contributed by atoms with Crippen molar-refractivity contribution in [1.82, 2.24) is 10.2 Å². The normalized spacial score (nSPS) is 35.5. The number of carbonyl (C=O) groups excluding carboxylic acids is 2. The van der Waals surface area contributed by atoms with Crippen molar-refractivity contribution in [3.63, 3.8) is 0 Å². The summed E-state index contributed by atoms with van der Waals surface area (Å²) in [5, 5.41) is 3.09. The number of carbonyl (C=O) groups is 2. The lowest BCUT2D eigenvalue weighted by atomic mass is 10.1. The highest BCUT2D eigenvalue weighted by Crippen LogP contribution is 2.46. The van der Waals surface area contributed by atoms with Crippen LogP contribution < -0.4 is 5.32 Å². The van der Waals surface area contributed by atoms with Crippen LogP contribution in [-0.4, -0.2) is 48.1 Å². The second-order valence-corrected chi connectivity index (χ2v) is 7.67. The molecule has 2 fully saturated rings. The fraction of sp³-hybridized carbons (Fsp3) is 0.800. The number of nitrogens with zero attached hydrogens (tertiary/aromatic N) is 1. The van der Waals surface area contributed by atoms with E-state index in [0.29, 0.717) is 13.0 Å². The molecule has 3 aliphatic rings. The van der Waals surface area contributed by atoms with E-state index in [9.17, 15) is 9.59 Å². The molecule has 1 saturated carbocycles. The molecule has 0 aromatic heterocycles. The first-order valence-corrected chi connectivity index (χ1v) is 10.1. The van der Waals surface area contributed by atoms with Gasteiger partial charge >= 0.3 is 5.97 Å². The number of esters is 1. The largest absolute Gasteiger partial charge is 0.464 e. The van der Waals surface area contributed by atoms with E-state index in [2.05, 4.69) is 22.4 Å². The minimum atomic E-state index is -0.821. The Bertz CT molecular complexity index is 519. The number of fused-ring (bicyclic) bond motifs is 2. The van der Waals surface area contributed by atoms with Crippen LogP contribution in [0, 0.1) is 5.92 Å². The summed E-state index contributed by atoms with van der Waals surface area (Å²) in [5.74, 6) is -0.182. The van der Waals surface area contributed by atoms with E-state index in [-0.39, 0.29) is 23.8 Å². The van der Waals surface area contributed by atoms with Gasteiger partial charge in [-0.3, -0.25) is 9.69 Å². The van der Waals surface area contributed by atoms with Crippen molar-refractivity contribution in [2.24, 2.45) is 5.92 Å². The zero-order valence-electron chi connectivity index (χ0n) is 15.5. The molecule has 140 valence electrons. The number of amides is 1. The summed E-state index contributed by atoms with van der Waals surface area (Å²) in [4.78, 5) is 27.7. The minimum Gasteiger partial charge on any atom is -0.464 e. The van der Waals surface area contributed by atoms with Crippen LogP contribution in [0.3, 0.4) is 0 Å². The molecule has 1 saturated heterocycles. The van der Waals surface area contributed by atoms with E-state index in [4.69, 9.17) is 4.74 Å². The topological polar surface area (TPSA) is 58.6 Å². The van der Waals surface area contributed by atoms with E-state index in [1.165, 1.54) is 25.7 Å². The summed E-state index contributed by atoms with van der Waals surface area (Å²) >= 11 is 0. The molecule has 0 aromatic rings. The van der Waals surface area contributed by atoms with Gasteiger partial charge in [0, 0.05) is 5.92 Å². The van der Waals surface area contributed by atoms with Crippen LogP contribution in [-0.2, 0) is 14.3 Å². The standard InChI is InChI=1S/C20H32N2O3/c1-2-25-19(24)20-15-16(20)11-8-6-4-3-5-7-9-13-22-14-10-12-17(22)18(23)21-20/h8,11,16-17H,2-7,9-10,12-15H2,1H3,(H,21,23)/b11-8-. The minimum absolute atomic E-state index is 0.0105. The van der Waals surface area contributed by atoms with E-state index in [1.54, 1.807) is 0 Å². The summed E-state index contributed by atoms with van der Waals surface area (Å²) in [7, 11) is 0. The molecule has 2 aliphatic heterocycles. The molecule has 3 atom stereocenters. The Hall–Kier alpha value is -1.36. The molecule has 5 heteroatoms. The second-order valence-electron chi connectivity index (χ2n) is 7.67. The Labute approximate surface area is 151 Å². The maximum Gasteiger partial charge on any atom is 0.332 e. The summed E-state index contributed by atoms with van der Waals surface area (Å²) in [6.45, 7) is 4.15. The Morgan fingerprint density at radius 2 is 2.00 bits per heavy atom. The van der Waals surface area contributed by atoms with Crippen LogP contribution in [0.1, 0.15) is 64.7 Å². The third-order valence-electron chi connectivity index (χ3n) is 5.85. The third-order valence-corrected chi connectivity index (χ3v) is 5.85. The van der Waals surface area contributed by atoms with Gasteiger partial charge in [0.25, 0.3) is 0 Å². The van der Waals surface area contributed by atoms with Crippen LogP contribution in [0.25, 0.3) is 0 Å². The van der Waals surface area contributed by atoms with Gasteiger partial charge in [0.2, 0.25) is 5.91 Å². The number of hydrogen-bond donors (Lipinski definition) is 1. The van der Waals surface area contributed by atoms with Crippen LogP contribution >= 0.6 is 0 Å². The molecule has 0 radical (unpaired) electrons. The molecule has 0 bridgehead atoms. The number of rotatable bonds is 2. The summed E-state index contributed by atoms with van der Waals surface area (Å²) in [5.41, 5.74) is -0.821. The van der Waals surface area contributed by atoms with E-state index in [0.717, 1.165) is 38.8 Å². The summed E-state index contributed by atoms with van der Waals surface area (Å²) < 4.78 is 5.27. The van der Waals surface area contributed by atoms with E-state index >= 15 is 0 Å². The molecule has 0 spiro atoms. The van der Waals surface area contributed by atoms with Gasteiger partial charge in [0.05, 0.1) is 12.6 Å². The molecule has 1 amide bonds. The first-order chi connectivity index (χ1) is 12.2. The van der Waals surface area contributed by atoms with Gasteiger partial charge < -0.3 is 10.1 Å². The number of ether oxygens (including phenoxy) is 1. The lowest BCUT2D eigenvalue weighted by molar-refractivity contribution is -0.149. The molecule has 3 unspecified atom stereocenters. The quantitative estimate of drug-likeness (QED) is 0.616. The molecule has 3 rings (SSSR count). The number of nitrogens with one attached hydrogen (secondary N) is 1. The van der Waals surface area contributed by atoms with E-state index in [1.807, 2.05) is 6.92 Å². The van der Waals surface area contributed by atoms with Gasteiger partial charge in [-0.15, -0.1) is 0 Å². The van der Waals surface area contributed by atoms with Gasteiger partial charge in [-0.25, -0.2) is 4.79 Å². The lowest BCUT2D eigenvalue weighted by Gasteiger charge is -2.26. The van der Waals surface area contributed by atoms with Gasteiger partial charge in [-0.05, 0) is 58.5 Å². The summed E-state index contributed by atoms with van der Waals surface area (Å²) in [6.07, 6.45) is 14.1. The van der Waals surface area contributed by atoms with Crippen LogP contribution in [0.2, 0.25) is 0 Å². The predicted octanol–water partition coefficient (Wildman–Crippen LogP) is 2.80. The predicted molar refractivity (Wildman–Crippen MR) is 97.1 cm³/mol. The fourth-order valence-electron chi connectivity index (χ4n) is 4.27. The number of allylic oxidation sites excluding steroid dienone is 1. The van der Waals surface area contributed by atoms with Gasteiger partial charge in [0.15, 0.2) is 0 Å². The Balaban J connectivity index is 1.74. The monoisotopic (exact) mass is 348 g/mol. The van der Waals surface area contributed by atoms with Crippen molar-refractivity contribution in [3.05, 3.63) is 12.2 Å². The highest BCUT2D eigenvalue weighted by molar-refractivity contribution is 5.93. The maximum absolute atomic E-state index is 12.9. The van der Waals surface area contributed by atoms with Crippen LogP contribution in [0.5, 0.6) is 0 Å². The van der Waals surface area contributed by atoms with Crippen LogP contribution in [0.15, 0.2) is 12.2 Å². The van der Waals surface area contributed by atoms with Gasteiger partial charge in [-0.2, -0.15) is 0 Å². The molecular weight excluding hydrogens is 316 g/mol. The molecule has 2 heterocycles. The second kappa shape index (κ2) is 8.35. The first-order valence-electron chi connectivity index (χ1n) is 10.1. The zero-order chi connectivity index (χ0) is 17.7. The average molecular weight is 348 g/mol. The maximum atomic E-state index is 12.9. The van der Waals surface area contributed by atoms with E-state index < -0.39 is 5.54 Å². The zero-order valence-corrected chi connectivity index (χ0v) is 15.5. The first kappa shape index (κ1) is 18.4. The molecular formula is C20H32N2O3. The molecule has 25 heavy (non-hydrogen) atoms. The highest BCUT2D eigenvalue weighted by Gasteiger charge is 2.61. The van der Waals surface area contributed by atoms with Gasteiger partial charge in [-0.1, -0.05) is 31.4 Å². The summed E-state index contributed by atoms with van der Waals surface area (Å²) in [6, 6.07) is -0.0818. The Kier molecular flexibility index (Phi) is 6.15. The third kappa shape index (κ3) is 4.25.